The second kappa shape index (κ2) is 3.91. The fraction of sp³-hybridized carbons (Fsp3) is 1.00. The zero-order valence-corrected chi connectivity index (χ0v) is 8.57. The molecule has 1 saturated heterocycles. The van der Waals surface area contributed by atoms with E-state index in [0.717, 1.165) is 0 Å². The van der Waals surface area contributed by atoms with Crippen molar-refractivity contribution in [1.82, 2.24) is 0 Å². The number of ether oxygens (including phenoxy) is 1. The van der Waals surface area contributed by atoms with Gasteiger partial charge in [0.1, 0.15) is 5.75 Å². The molecule has 1 atom stereocenters. The van der Waals surface area contributed by atoms with E-state index in [2.05, 4.69) is 4.74 Å². The molecular formula is C7H11F3O4S. The number of hydrogen-bond donors (Lipinski definition) is 1. The lowest BCUT2D eigenvalue weighted by atomic mass is 9.95. The summed E-state index contributed by atoms with van der Waals surface area (Å²) in [5.41, 5.74) is -2.74. The molecule has 1 aliphatic rings. The average molecular weight is 248 g/mol. The van der Waals surface area contributed by atoms with E-state index in [1.807, 2.05) is 0 Å². The Bertz CT molecular complexity index is 316. The van der Waals surface area contributed by atoms with Crippen LogP contribution < -0.4 is 0 Å². The molecule has 0 aromatic carbocycles. The van der Waals surface area contributed by atoms with Crippen molar-refractivity contribution < 1.29 is 30.9 Å². The van der Waals surface area contributed by atoms with Gasteiger partial charge in [-0.15, -0.1) is 0 Å². The Morgan fingerprint density at radius 1 is 1.33 bits per heavy atom. The molecule has 0 aliphatic carbocycles. The molecular weight excluding hydrogens is 237 g/mol. The molecule has 4 nitrogen and oxygen atoms in total. The average Bonchev–Trinajstić information content (AvgIpc) is 2.00. The maximum absolute atomic E-state index is 12.6. The normalized spacial score (nSPS) is 29.1. The van der Waals surface area contributed by atoms with Crippen LogP contribution in [0.5, 0.6) is 0 Å². The molecule has 0 amide bonds. The molecule has 15 heavy (non-hydrogen) atoms. The third-order valence-electron chi connectivity index (χ3n) is 2.29. The summed E-state index contributed by atoms with van der Waals surface area (Å²) in [6.45, 7) is -0.144. The van der Waals surface area contributed by atoms with E-state index in [9.17, 15) is 21.6 Å². The predicted molar refractivity (Wildman–Crippen MR) is 45.0 cm³/mol. The molecule has 0 radical (unpaired) electrons. The summed E-state index contributed by atoms with van der Waals surface area (Å²) in [5, 5.41) is 0. The highest BCUT2D eigenvalue weighted by atomic mass is 32.2. The molecule has 8 heteroatoms. The first-order valence-corrected chi connectivity index (χ1v) is 5.93. The lowest BCUT2D eigenvalue weighted by molar-refractivity contribution is -0.280. The molecule has 0 bridgehead atoms. The topological polar surface area (TPSA) is 63.6 Å². The smallest absolute Gasteiger partial charge is 0.364 e. The van der Waals surface area contributed by atoms with Gasteiger partial charge in [0.25, 0.3) is 10.1 Å². The molecule has 1 unspecified atom stereocenters. The highest BCUT2D eigenvalue weighted by Crippen LogP contribution is 2.41. The van der Waals surface area contributed by atoms with Crippen molar-refractivity contribution in [3.05, 3.63) is 0 Å². The lowest BCUT2D eigenvalue weighted by Gasteiger charge is -2.37. The molecule has 90 valence electrons. The largest absolute Gasteiger partial charge is 0.418 e. The van der Waals surface area contributed by atoms with Crippen LogP contribution in [0.15, 0.2) is 0 Å². The number of halogens is 3. The van der Waals surface area contributed by atoms with Gasteiger partial charge in [-0.05, 0) is 19.3 Å². The third-order valence-corrected chi connectivity index (χ3v) is 3.12. The van der Waals surface area contributed by atoms with E-state index in [-0.39, 0.29) is 13.0 Å². The first kappa shape index (κ1) is 12.7. The van der Waals surface area contributed by atoms with Gasteiger partial charge in [0.05, 0.1) is 0 Å². The zero-order valence-electron chi connectivity index (χ0n) is 7.75. The summed E-state index contributed by atoms with van der Waals surface area (Å²) >= 11 is 0. The Hall–Kier alpha value is -0.340. The molecule has 1 aliphatic heterocycles. The minimum atomic E-state index is -4.79. The molecule has 1 heterocycles. The van der Waals surface area contributed by atoms with Gasteiger partial charge in [0.15, 0.2) is 5.60 Å². The second-order valence-corrected chi connectivity index (χ2v) is 4.98. The van der Waals surface area contributed by atoms with Gasteiger partial charge < -0.3 is 4.74 Å². The maximum Gasteiger partial charge on any atom is 0.418 e. The van der Waals surface area contributed by atoms with E-state index in [1.165, 1.54) is 0 Å². The summed E-state index contributed by atoms with van der Waals surface area (Å²) in [4.78, 5) is 0. The molecule has 1 fully saturated rings. The van der Waals surface area contributed by atoms with Crippen LogP contribution in [0.25, 0.3) is 0 Å². The number of hydrogen-bond acceptors (Lipinski definition) is 3. The standard InChI is InChI=1S/C7H11F3O4S/c8-7(9,10)6(5-15(11,12)13)3-1-2-4-14-6/h1-5H2,(H,11,12,13). The Morgan fingerprint density at radius 3 is 2.27 bits per heavy atom. The Labute approximate surface area is 85.2 Å². The summed E-state index contributed by atoms with van der Waals surface area (Å²) in [7, 11) is -4.71. The number of alkyl halides is 3. The predicted octanol–water partition coefficient (Wildman–Crippen LogP) is 1.38. The highest BCUT2D eigenvalue weighted by Gasteiger charge is 2.58. The van der Waals surface area contributed by atoms with Crippen LogP contribution >= 0.6 is 0 Å². The van der Waals surface area contributed by atoms with Gasteiger partial charge >= 0.3 is 6.18 Å². The maximum atomic E-state index is 12.6. The van der Waals surface area contributed by atoms with Gasteiger partial charge in [-0.2, -0.15) is 21.6 Å². The SMILES string of the molecule is O=S(=O)(O)CC1(C(F)(F)F)CCCCO1. The van der Waals surface area contributed by atoms with Crippen molar-refractivity contribution in [1.29, 1.82) is 0 Å². The minimum absolute atomic E-state index is 0.144. The van der Waals surface area contributed by atoms with Crippen LogP contribution in [0.3, 0.4) is 0 Å². The van der Waals surface area contributed by atoms with Crippen molar-refractivity contribution in [3.63, 3.8) is 0 Å². The van der Waals surface area contributed by atoms with Crippen LogP contribution in [0.4, 0.5) is 13.2 Å². The first-order chi connectivity index (χ1) is 6.66. The van der Waals surface area contributed by atoms with Crippen LogP contribution in [-0.4, -0.2) is 37.1 Å². The quantitative estimate of drug-likeness (QED) is 0.750. The van der Waals surface area contributed by atoms with Crippen LogP contribution in [-0.2, 0) is 14.9 Å². The van der Waals surface area contributed by atoms with Gasteiger partial charge in [0.2, 0.25) is 0 Å². The molecule has 0 aromatic heterocycles. The van der Waals surface area contributed by atoms with E-state index < -0.39 is 34.1 Å². The van der Waals surface area contributed by atoms with Gasteiger partial charge in [-0.1, -0.05) is 0 Å². The monoisotopic (exact) mass is 248 g/mol. The van der Waals surface area contributed by atoms with Gasteiger partial charge in [-0.25, -0.2) is 0 Å². The van der Waals surface area contributed by atoms with Crippen LogP contribution in [0.2, 0.25) is 0 Å². The van der Waals surface area contributed by atoms with E-state index in [4.69, 9.17) is 4.55 Å². The summed E-state index contributed by atoms with van der Waals surface area (Å²) in [6.07, 6.45) is -4.53. The highest BCUT2D eigenvalue weighted by molar-refractivity contribution is 7.85. The Kier molecular flexibility index (Phi) is 3.32. The Balaban J connectivity index is 2.96. The van der Waals surface area contributed by atoms with Crippen LogP contribution in [0.1, 0.15) is 19.3 Å². The van der Waals surface area contributed by atoms with E-state index >= 15 is 0 Å². The van der Waals surface area contributed by atoms with Crippen LogP contribution in [0, 0.1) is 0 Å². The summed E-state index contributed by atoms with van der Waals surface area (Å²) < 4.78 is 72.0. The van der Waals surface area contributed by atoms with E-state index in [0.29, 0.717) is 6.42 Å². The zero-order chi connectivity index (χ0) is 11.7. The first-order valence-electron chi connectivity index (χ1n) is 4.32. The fourth-order valence-corrected chi connectivity index (χ4v) is 2.55. The fourth-order valence-electron chi connectivity index (χ4n) is 1.57. The minimum Gasteiger partial charge on any atom is -0.364 e. The summed E-state index contributed by atoms with van der Waals surface area (Å²) in [5.74, 6) is -1.43. The lowest BCUT2D eigenvalue weighted by Crippen LogP contribution is -2.54. The second-order valence-electron chi connectivity index (χ2n) is 3.52. The van der Waals surface area contributed by atoms with Crippen molar-refractivity contribution >= 4 is 10.1 Å². The van der Waals surface area contributed by atoms with Crippen molar-refractivity contribution in [3.8, 4) is 0 Å². The van der Waals surface area contributed by atoms with Gasteiger partial charge in [-0.3, -0.25) is 4.55 Å². The third kappa shape index (κ3) is 3.05. The number of rotatable bonds is 2. The molecule has 1 N–H and O–H groups in total. The van der Waals surface area contributed by atoms with Gasteiger partial charge in [0, 0.05) is 6.61 Å². The van der Waals surface area contributed by atoms with Crippen molar-refractivity contribution in [2.24, 2.45) is 0 Å². The van der Waals surface area contributed by atoms with E-state index in [1.54, 1.807) is 0 Å². The molecule has 0 aromatic rings. The Morgan fingerprint density at radius 2 is 1.93 bits per heavy atom. The molecule has 0 spiro atoms. The van der Waals surface area contributed by atoms with Crippen molar-refractivity contribution in [2.45, 2.75) is 31.0 Å². The summed E-state index contributed by atoms with van der Waals surface area (Å²) in [6, 6.07) is 0. The molecule has 0 saturated carbocycles. The van der Waals surface area contributed by atoms with Crippen molar-refractivity contribution in [2.75, 3.05) is 12.4 Å². The molecule has 1 rings (SSSR count).